The number of rotatable bonds is 5. The molecule has 0 fully saturated rings. The van der Waals surface area contributed by atoms with Gasteiger partial charge in [0.15, 0.2) is 0 Å². The standard InChI is InChI=1S/C12H8ClN5O4/c13-10-3-1-8(5-11(10)18(21)22)6-15-16-12-4-2-9(7-14-12)17(19)20/h1-7H,(H,14,16)/b15-6+. The SMILES string of the molecule is O=[N+]([O-])c1ccc(N/N=C/c2ccc(Cl)c([N+](=O)[O-])c2)nc1. The number of hydrogen-bond donors (Lipinski definition) is 1. The van der Waals surface area contributed by atoms with Crippen molar-refractivity contribution in [2.24, 2.45) is 5.10 Å². The predicted octanol–water partition coefficient (Wildman–Crippen LogP) is 3.00. The van der Waals surface area contributed by atoms with Crippen molar-refractivity contribution in [2.75, 3.05) is 5.43 Å². The van der Waals surface area contributed by atoms with E-state index in [9.17, 15) is 20.2 Å². The van der Waals surface area contributed by atoms with Crippen molar-refractivity contribution in [3.05, 3.63) is 67.3 Å². The van der Waals surface area contributed by atoms with E-state index in [1.54, 1.807) is 6.07 Å². The first-order valence-corrected chi connectivity index (χ1v) is 6.18. The minimum absolute atomic E-state index is 0.0344. The van der Waals surface area contributed by atoms with Crippen molar-refractivity contribution in [3.8, 4) is 0 Å². The van der Waals surface area contributed by atoms with Gasteiger partial charge in [0.1, 0.15) is 17.0 Å². The molecule has 0 aliphatic heterocycles. The molecular weight excluding hydrogens is 314 g/mol. The van der Waals surface area contributed by atoms with Gasteiger partial charge in [-0.15, -0.1) is 0 Å². The Morgan fingerprint density at radius 1 is 1.18 bits per heavy atom. The number of nitrogens with zero attached hydrogens (tertiary/aromatic N) is 4. The van der Waals surface area contributed by atoms with Crippen molar-refractivity contribution in [3.63, 3.8) is 0 Å². The number of pyridine rings is 1. The highest BCUT2D eigenvalue weighted by Gasteiger charge is 2.11. The first kappa shape index (κ1) is 15.3. The van der Waals surface area contributed by atoms with Crippen molar-refractivity contribution in [2.45, 2.75) is 0 Å². The lowest BCUT2D eigenvalue weighted by molar-refractivity contribution is -0.385. The van der Waals surface area contributed by atoms with Crippen molar-refractivity contribution >= 4 is 35.0 Å². The van der Waals surface area contributed by atoms with E-state index < -0.39 is 9.85 Å². The van der Waals surface area contributed by atoms with Gasteiger partial charge >= 0.3 is 0 Å². The number of nitro benzene ring substituents is 1. The highest BCUT2D eigenvalue weighted by molar-refractivity contribution is 6.32. The van der Waals surface area contributed by atoms with Gasteiger partial charge in [0.25, 0.3) is 11.4 Å². The van der Waals surface area contributed by atoms with Crippen LogP contribution in [0.5, 0.6) is 0 Å². The van der Waals surface area contributed by atoms with Crippen LogP contribution in [0, 0.1) is 20.2 Å². The predicted molar refractivity (Wildman–Crippen MR) is 80.2 cm³/mol. The molecule has 0 aliphatic carbocycles. The minimum atomic E-state index is -0.592. The summed E-state index contributed by atoms with van der Waals surface area (Å²) < 4.78 is 0. The molecule has 1 heterocycles. The molecule has 0 unspecified atom stereocenters. The van der Waals surface area contributed by atoms with Crippen LogP contribution in [-0.4, -0.2) is 21.0 Å². The minimum Gasteiger partial charge on any atom is -0.261 e. The fraction of sp³-hybridized carbons (Fsp3) is 0. The number of aromatic nitrogens is 1. The molecule has 0 amide bonds. The second-order valence-electron chi connectivity index (χ2n) is 4.00. The summed E-state index contributed by atoms with van der Waals surface area (Å²) >= 11 is 5.69. The molecule has 0 saturated heterocycles. The summed E-state index contributed by atoms with van der Waals surface area (Å²) in [5.74, 6) is 0.297. The third-order valence-corrected chi connectivity index (χ3v) is 2.84. The average molecular weight is 322 g/mol. The molecule has 1 aromatic carbocycles. The van der Waals surface area contributed by atoms with Gasteiger partial charge in [-0.05, 0) is 12.1 Å². The van der Waals surface area contributed by atoms with Crippen LogP contribution in [0.15, 0.2) is 41.6 Å². The lowest BCUT2D eigenvalue weighted by Crippen LogP contribution is -1.96. The van der Waals surface area contributed by atoms with Gasteiger partial charge in [-0.25, -0.2) is 4.98 Å². The molecule has 0 aliphatic rings. The first-order valence-electron chi connectivity index (χ1n) is 5.81. The second kappa shape index (κ2) is 6.59. The summed E-state index contributed by atoms with van der Waals surface area (Å²) in [6.45, 7) is 0. The molecule has 1 N–H and O–H groups in total. The van der Waals surface area contributed by atoms with Crippen LogP contribution in [0.3, 0.4) is 0 Å². The van der Waals surface area contributed by atoms with E-state index in [2.05, 4.69) is 15.5 Å². The molecule has 22 heavy (non-hydrogen) atoms. The molecule has 9 nitrogen and oxygen atoms in total. The summed E-state index contributed by atoms with van der Waals surface area (Å²) in [6, 6.07) is 6.89. The van der Waals surface area contributed by atoms with Crippen LogP contribution in [0.4, 0.5) is 17.2 Å². The maximum Gasteiger partial charge on any atom is 0.288 e. The number of hydrogen-bond acceptors (Lipinski definition) is 7. The quantitative estimate of drug-likeness (QED) is 0.513. The van der Waals surface area contributed by atoms with Crippen LogP contribution < -0.4 is 5.43 Å². The Balaban J connectivity index is 2.08. The Hall–Kier alpha value is -3.07. The van der Waals surface area contributed by atoms with Gasteiger partial charge in [0, 0.05) is 17.7 Å². The Kier molecular flexibility index (Phi) is 4.59. The van der Waals surface area contributed by atoms with E-state index >= 15 is 0 Å². The van der Waals surface area contributed by atoms with Crippen LogP contribution >= 0.6 is 11.6 Å². The molecular formula is C12H8ClN5O4. The zero-order chi connectivity index (χ0) is 16.1. The zero-order valence-electron chi connectivity index (χ0n) is 10.8. The van der Waals surface area contributed by atoms with E-state index in [1.165, 1.54) is 30.5 Å². The van der Waals surface area contributed by atoms with E-state index in [4.69, 9.17) is 11.6 Å². The van der Waals surface area contributed by atoms with E-state index in [0.29, 0.717) is 11.4 Å². The molecule has 0 spiro atoms. The van der Waals surface area contributed by atoms with Gasteiger partial charge in [-0.3, -0.25) is 25.7 Å². The largest absolute Gasteiger partial charge is 0.288 e. The zero-order valence-corrected chi connectivity index (χ0v) is 11.6. The highest BCUT2D eigenvalue weighted by Crippen LogP contribution is 2.24. The smallest absolute Gasteiger partial charge is 0.261 e. The lowest BCUT2D eigenvalue weighted by atomic mass is 10.2. The molecule has 112 valence electrons. The normalized spacial score (nSPS) is 10.6. The van der Waals surface area contributed by atoms with Crippen molar-refractivity contribution in [1.29, 1.82) is 0 Å². The van der Waals surface area contributed by atoms with Gasteiger partial charge in [-0.2, -0.15) is 5.10 Å². The Morgan fingerprint density at radius 3 is 2.55 bits per heavy atom. The number of benzene rings is 1. The number of nitrogens with one attached hydrogen (secondary N) is 1. The molecule has 0 saturated carbocycles. The average Bonchev–Trinajstić information content (AvgIpc) is 2.49. The van der Waals surface area contributed by atoms with Gasteiger partial charge in [-0.1, -0.05) is 17.7 Å². The first-order chi connectivity index (χ1) is 10.5. The van der Waals surface area contributed by atoms with E-state index in [1.807, 2.05) is 0 Å². The molecule has 2 aromatic rings. The van der Waals surface area contributed by atoms with Crippen LogP contribution in [-0.2, 0) is 0 Å². The molecule has 0 bridgehead atoms. The topological polar surface area (TPSA) is 124 Å². The van der Waals surface area contributed by atoms with Crippen LogP contribution in [0.1, 0.15) is 5.56 Å². The Morgan fingerprint density at radius 2 is 1.95 bits per heavy atom. The molecule has 0 atom stereocenters. The Labute approximate surface area is 128 Å². The van der Waals surface area contributed by atoms with Crippen LogP contribution in [0.2, 0.25) is 5.02 Å². The van der Waals surface area contributed by atoms with Crippen LogP contribution in [0.25, 0.3) is 0 Å². The summed E-state index contributed by atoms with van der Waals surface area (Å²) in [5.41, 5.74) is 2.66. The number of nitro groups is 2. The van der Waals surface area contributed by atoms with E-state index in [-0.39, 0.29) is 16.4 Å². The molecule has 1 aromatic heterocycles. The maximum atomic E-state index is 10.8. The summed E-state index contributed by atoms with van der Waals surface area (Å²) in [4.78, 5) is 23.9. The third kappa shape index (κ3) is 3.73. The van der Waals surface area contributed by atoms with Crippen molar-refractivity contribution in [1.82, 2.24) is 4.98 Å². The highest BCUT2D eigenvalue weighted by atomic mass is 35.5. The molecule has 2 rings (SSSR count). The van der Waals surface area contributed by atoms with Gasteiger partial charge in [0.05, 0.1) is 16.1 Å². The number of halogens is 1. The molecule has 10 heteroatoms. The lowest BCUT2D eigenvalue weighted by Gasteiger charge is -1.99. The summed E-state index contributed by atoms with van der Waals surface area (Å²) in [7, 11) is 0. The van der Waals surface area contributed by atoms with Gasteiger partial charge < -0.3 is 0 Å². The maximum absolute atomic E-state index is 10.8. The fourth-order valence-electron chi connectivity index (χ4n) is 1.48. The summed E-state index contributed by atoms with van der Waals surface area (Å²) in [5, 5.41) is 25.1. The fourth-order valence-corrected chi connectivity index (χ4v) is 1.67. The Bertz CT molecular complexity index is 748. The monoisotopic (exact) mass is 321 g/mol. The number of anilines is 1. The van der Waals surface area contributed by atoms with E-state index in [0.717, 1.165) is 6.20 Å². The van der Waals surface area contributed by atoms with Crippen molar-refractivity contribution < 1.29 is 9.85 Å². The summed E-state index contributed by atoms with van der Waals surface area (Å²) in [6.07, 6.45) is 2.43. The molecule has 0 radical (unpaired) electrons. The number of hydrazone groups is 1. The second-order valence-corrected chi connectivity index (χ2v) is 4.40. The third-order valence-electron chi connectivity index (χ3n) is 2.52. The van der Waals surface area contributed by atoms with Gasteiger partial charge in [0.2, 0.25) is 0 Å².